The molecule has 3 rings (SSSR count). The monoisotopic (exact) mass is 367 g/mol. The number of aryl methyl sites for hydroxylation is 2. The minimum absolute atomic E-state index is 0.0279. The van der Waals surface area contributed by atoms with Crippen molar-refractivity contribution in [3.8, 4) is 6.07 Å². The molecule has 1 aromatic carbocycles. The highest BCUT2D eigenvalue weighted by Gasteiger charge is 2.23. The van der Waals surface area contributed by atoms with Gasteiger partial charge in [0.2, 0.25) is 5.91 Å². The molecule has 0 spiro atoms. The number of nitrogens with zero attached hydrogens (tertiary/aromatic N) is 2. The SMILES string of the molecule is Cc1cc(C)c2nc(SCC(=O)N[C@@H]3CCCC[C@@H]3C)c(C#N)cc2c1. The third-order valence-corrected chi connectivity index (χ3v) is 6.13. The Labute approximate surface area is 159 Å². The lowest BCUT2D eigenvalue weighted by molar-refractivity contribution is -0.119. The van der Waals surface area contributed by atoms with Crippen LogP contribution < -0.4 is 5.32 Å². The number of carbonyl (C=O) groups excluding carboxylic acids is 1. The smallest absolute Gasteiger partial charge is 0.230 e. The van der Waals surface area contributed by atoms with Crippen LogP contribution in [-0.2, 0) is 4.79 Å². The maximum Gasteiger partial charge on any atom is 0.230 e. The number of hydrogen-bond donors (Lipinski definition) is 1. The highest BCUT2D eigenvalue weighted by atomic mass is 32.2. The molecule has 1 N–H and O–H groups in total. The van der Waals surface area contributed by atoms with Crippen LogP contribution in [0.1, 0.15) is 49.3 Å². The molecular formula is C21H25N3OS. The number of thioether (sulfide) groups is 1. The Morgan fingerprint density at radius 1 is 1.31 bits per heavy atom. The number of nitriles is 1. The third-order valence-electron chi connectivity index (χ3n) is 5.14. The van der Waals surface area contributed by atoms with Crippen molar-refractivity contribution in [2.45, 2.75) is 57.5 Å². The lowest BCUT2D eigenvalue weighted by Gasteiger charge is -2.29. The molecule has 0 unspecified atom stereocenters. The van der Waals surface area contributed by atoms with E-state index in [9.17, 15) is 10.1 Å². The molecule has 1 aliphatic rings. The Morgan fingerprint density at radius 2 is 2.08 bits per heavy atom. The Morgan fingerprint density at radius 3 is 2.81 bits per heavy atom. The number of pyridine rings is 1. The number of fused-ring (bicyclic) bond motifs is 1. The van der Waals surface area contributed by atoms with Gasteiger partial charge in [-0.25, -0.2) is 4.98 Å². The third kappa shape index (κ3) is 4.19. The zero-order chi connectivity index (χ0) is 18.7. The summed E-state index contributed by atoms with van der Waals surface area (Å²) in [4.78, 5) is 17.0. The Balaban J connectivity index is 1.73. The van der Waals surface area contributed by atoms with Gasteiger partial charge in [-0.05, 0) is 50.3 Å². The molecule has 0 radical (unpaired) electrons. The summed E-state index contributed by atoms with van der Waals surface area (Å²) in [6, 6.07) is 8.52. The van der Waals surface area contributed by atoms with Crippen LogP contribution in [0.15, 0.2) is 23.2 Å². The van der Waals surface area contributed by atoms with Crippen molar-refractivity contribution in [3.05, 3.63) is 34.9 Å². The van der Waals surface area contributed by atoms with Crippen molar-refractivity contribution in [1.82, 2.24) is 10.3 Å². The molecule has 1 amide bonds. The van der Waals surface area contributed by atoms with Crippen molar-refractivity contribution in [1.29, 1.82) is 5.26 Å². The van der Waals surface area contributed by atoms with E-state index in [2.05, 4.69) is 29.4 Å². The number of rotatable bonds is 4. The highest BCUT2D eigenvalue weighted by molar-refractivity contribution is 8.00. The molecule has 0 aliphatic heterocycles. The van der Waals surface area contributed by atoms with Crippen molar-refractivity contribution < 1.29 is 4.79 Å². The molecule has 0 saturated heterocycles. The van der Waals surface area contributed by atoms with Crippen LogP contribution in [0.5, 0.6) is 0 Å². The molecule has 1 aliphatic carbocycles. The molecular weight excluding hydrogens is 342 g/mol. The van der Waals surface area contributed by atoms with E-state index in [-0.39, 0.29) is 11.9 Å². The number of amides is 1. The number of aromatic nitrogens is 1. The van der Waals surface area contributed by atoms with E-state index in [0.29, 0.717) is 22.3 Å². The molecule has 1 heterocycles. The molecule has 4 nitrogen and oxygen atoms in total. The van der Waals surface area contributed by atoms with Gasteiger partial charge < -0.3 is 5.32 Å². The van der Waals surface area contributed by atoms with E-state index in [1.54, 1.807) is 0 Å². The molecule has 2 aromatic rings. The molecule has 2 atom stereocenters. The van der Waals surface area contributed by atoms with E-state index in [1.165, 1.54) is 31.0 Å². The first-order valence-electron chi connectivity index (χ1n) is 9.22. The molecule has 1 fully saturated rings. The minimum atomic E-state index is 0.0279. The Hall–Kier alpha value is -2.06. The van der Waals surface area contributed by atoms with Gasteiger partial charge in [0.05, 0.1) is 16.8 Å². The van der Waals surface area contributed by atoms with Gasteiger partial charge >= 0.3 is 0 Å². The maximum atomic E-state index is 12.4. The second-order valence-corrected chi connectivity index (χ2v) is 8.29. The van der Waals surface area contributed by atoms with E-state index in [1.807, 2.05) is 26.0 Å². The van der Waals surface area contributed by atoms with Crippen molar-refractivity contribution in [3.63, 3.8) is 0 Å². The summed E-state index contributed by atoms with van der Waals surface area (Å²) in [6.07, 6.45) is 4.69. The van der Waals surface area contributed by atoms with E-state index in [0.717, 1.165) is 28.5 Å². The highest BCUT2D eigenvalue weighted by Crippen LogP contribution is 2.28. The topological polar surface area (TPSA) is 65.8 Å². The van der Waals surface area contributed by atoms with E-state index >= 15 is 0 Å². The lowest BCUT2D eigenvalue weighted by Crippen LogP contribution is -2.41. The zero-order valence-electron chi connectivity index (χ0n) is 15.6. The van der Waals surface area contributed by atoms with Gasteiger partial charge in [-0.2, -0.15) is 5.26 Å². The van der Waals surface area contributed by atoms with Gasteiger partial charge in [-0.15, -0.1) is 0 Å². The molecule has 1 aromatic heterocycles. The fourth-order valence-corrected chi connectivity index (χ4v) is 4.50. The Kier molecular flexibility index (Phi) is 5.83. The average molecular weight is 368 g/mol. The van der Waals surface area contributed by atoms with Gasteiger partial charge in [-0.1, -0.05) is 43.2 Å². The van der Waals surface area contributed by atoms with Gasteiger partial charge in [0.1, 0.15) is 11.1 Å². The Bertz CT molecular complexity index is 872. The first kappa shape index (κ1) is 18.7. The van der Waals surface area contributed by atoms with Gasteiger partial charge in [0, 0.05) is 11.4 Å². The fraction of sp³-hybridized carbons (Fsp3) is 0.476. The predicted molar refractivity (Wildman–Crippen MR) is 106 cm³/mol. The summed E-state index contributed by atoms with van der Waals surface area (Å²) in [7, 11) is 0. The van der Waals surface area contributed by atoms with Crippen LogP contribution in [0.25, 0.3) is 10.9 Å². The van der Waals surface area contributed by atoms with Gasteiger partial charge in [-0.3, -0.25) is 4.79 Å². The molecule has 0 bridgehead atoms. The summed E-state index contributed by atoms with van der Waals surface area (Å²) in [5.74, 6) is 0.860. The summed E-state index contributed by atoms with van der Waals surface area (Å²) >= 11 is 1.35. The van der Waals surface area contributed by atoms with Crippen LogP contribution in [-0.4, -0.2) is 22.7 Å². The normalized spacial score (nSPS) is 19.9. The molecule has 5 heteroatoms. The summed E-state index contributed by atoms with van der Waals surface area (Å²) in [5.41, 5.74) is 3.68. The number of hydrogen-bond acceptors (Lipinski definition) is 4. The molecule has 26 heavy (non-hydrogen) atoms. The second kappa shape index (κ2) is 8.09. The molecule has 136 valence electrons. The first-order valence-corrected chi connectivity index (χ1v) is 10.2. The first-order chi connectivity index (χ1) is 12.5. The molecule has 1 saturated carbocycles. The van der Waals surface area contributed by atoms with Crippen LogP contribution in [0.4, 0.5) is 0 Å². The standard InChI is InChI=1S/C21H25N3OS/c1-13-8-15(3)20-16(9-13)10-17(11-22)21(24-20)26-12-19(25)23-18-7-5-4-6-14(18)2/h8-10,14,18H,4-7,12H2,1-3H3,(H,23,25)/t14-,18+/m0/s1. The number of carbonyl (C=O) groups is 1. The lowest BCUT2D eigenvalue weighted by atomic mass is 9.86. The minimum Gasteiger partial charge on any atom is -0.352 e. The van der Waals surface area contributed by atoms with E-state index in [4.69, 9.17) is 0 Å². The van der Waals surface area contributed by atoms with Gasteiger partial charge in [0.25, 0.3) is 0 Å². The fourth-order valence-electron chi connectivity index (χ4n) is 3.74. The summed E-state index contributed by atoms with van der Waals surface area (Å²) in [5, 5.41) is 14.2. The van der Waals surface area contributed by atoms with Gasteiger partial charge in [0.15, 0.2) is 0 Å². The summed E-state index contributed by atoms with van der Waals surface area (Å²) in [6.45, 7) is 6.28. The number of nitrogens with one attached hydrogen (secondary N) is 1. The second-order valence-electron chi connectivity index (χ2n) is 7.33. The van der Waals surface area contributed by atoms with Crippen molar-refractivity contribution >= 4 is 28.6 Å². The van der Waals surface area contributed by atoms with Crippen molar-refractivity contribution in [2.75, 3.05) is 5.75 Å². The van der Waals surface area contributed by atoms with E-state index < -0.39 is 0 Å². The summed E-state index contributed by atoms with van der Waals surface area (Å²) < 4.78 is 0. The van der Waals surface area contributed by atoms with Crippen LogP contribution >= 0.6 is 11.8 Å². The predicted octanol–water partition coefficient (Wildman–Crippen LogP) is 4.51. The maximum absolute atomic E-state index is 12.4. The largest absolute Gasteiger partial charge is 0.352 e. The van der Waals surface area contributed by atoms with Crippen LogP contribution in [0, 0.1) is 31.1 Å². The zero-order valence-corrected chi connectivity index (χ0v) is 16.4. The average Bonchev–Trinajstić information content (AvgIpc) is 2.61. The quantitative estimate of drug-likeness (QED) is 0.808. The number of benzene rings is 1. The van der Waals surface area contributed by atoms with Crippen LogP contribution in [0.3, 0.4) is 0 Å². The van der Waals surface area contributed by atoms with Crippen LogP contribution in [0.2, 0.25) is 0 Å². The van der Waals surface area contributed by atoms with Crippen molar-refractivity contribution in [2.24, 2.45) is 5.92 Å².